The Hall–Kier alpha value is -1.06. The molecular formula is C12H21NO3. The van der Waals surface area contributed by atoms with Crippen molar-refractivity contribution in [3.05, 3.63) is 0 Å². The lowest BCUT2D eigenvalue weighted by Crippen LogP contribution is -2.51. The third-order valence-corrected chi connectivity index (χ3v) is 3.01. The monoisotopic (exact) mass is 227 g/mol. The number of Topliss-reactive ketones (excluding diaryl/α,β-unsaturated/α-hetero) is 1. The minimum atomic E-state index is -0.678. The van der Waals surface area contributed by atoms with Crippen LogP contribution in [-0.2, 0) is 9.53 Å². The van der Waals surface area contributed by atoms with Crippen molar-refractivity contribution < 1.29 is 14.3 Å². The van der Waals surface area contributed by atoms with E-state index in [-0.39, 0.29) is 11.9 Å². The largest absolute Gasteiger partial charge is 0.444 e. The molecule has 0 bridgehead atoms. The van der Waals surface area contributed by atoms with Crippen LogP contribution >= 0.6 is 0 Å². The molecule has 1 amide bonds. The first kappa shape index (κ1) is 13.0. The lowest BCUT2D eigenvalue weighted by Gasteiger charge is -2.34. The van der Waals surface area contributed by atoms with Gasteiger partial charge in [-0.3, -0.25) is 9.69 Å². The van der Waals surface area contributed by atoms with Crippen LogP contribution in [0.5, 0.6) is 0 Å². The molecule has 1 fully saturated rings. The van der Waals surface area contributed by atoms with Crippen molar-refractivity contribution in [2.45, 2.75) is 58.6 Å². The van der Waals surface area contributed by atoms with E-state index in [4.69, 9.17) is 4.74 Å². The lowest BCUT2D eigenvalue weighted by molar-refractivity contribution is -0.126. The number of ether oxygens (including phenoxy) is 1. The Morgan fingerprint density at radius 2 is 1.88 bits per heavy atom. The van der Waals surface area contributed by atoms with E-state index in [1.807, 2.05) is 27.7 Å². The van der Waals surface area contributed by atoms with Gasteiger partial charge in [0.2, 0.25) is 0 Å². The van der Waals surface area contributed by atoms with Crippen LogP contribution in [0.15, 0.2) is 0 Å². The highest BCUT2D eigenvalue weighted by molar-refractivity contribution is 5.90. The van der Waals surface area contributed by atoms with E-state index in [0.29, 0.717) is 6.54 Å². The summed E-state index contributed by atoms with van der Waals surface area (Å²) in [6.07, 6.45) is 1.19. The first-order chi connectivity index (χ1) is 7.17. The summed E-state index contributed by atoms with van der Waals surface area (Å²) in [5, 5.41) is 0. The van der Waals surface area contributed by atoms with Gasteiger partial charge in [0.05, 0.1) is 0 Å². The van der Waals surface area contributed by atoms with Crippen LogP contribution in [0.4, 0.5) is 4.79 Å². The van der Waals surface area contributed by atoms with Crippen LogP contribution in [0.2, 0.25) is 0 Å². The van der Waals surface area contributed by atoms with Crippen molar-refractivity contribution in [2.75, 3.05) is 6.54 Å². The summed E-state index contributed by atoms with van der Waals surface area (Å²) in [6.45, 7) is 9.42. The number of likely N-dealkylation sites (tertiary alicyclic amines) is 1. The Morgan fingerprint density at radius 1 is 1.31 bits per heavy atom. The topological polar surface area (TPSA) is 46.6 Å². The van der Waals surface area contributed by atoms with Crippen molar-refractivity contribution in [1.29, 1.82) is 0 Å². The smallest absolute Gasteiger partial charge is 0.411 e. The normalized spacial score (nSPS) is 25.7. The second-order valence-corrected chi connectivity index (χ2v) is 5.57. The highest BCUT2D eigenvalue weighted by Crippen LogP contribution is 2.31. The number of nitrogens with zero attached hydrogens (tertiary/aromatic N) is 1. The minimum Gasteiger partial charge on any atom is -0.444 e. The SMILES string of the molecule is CC(=O)[C@]1(C)CCCN1C(=O)OC(C)(C)C. The molecule has 0 aliphatic carbocycles. The number of hydrogen-bond acceptors (Lipinski definition) is 3. The van der Waals surface area contributed by atoms with Crippen LogP contribution in [0, 0.1) is 0 Å². The molecule has 1 heterocycles. The minimum absolute atomic E-state index is 0.0239. The highest BCUT2D eigenvalue weighted by atomic mass is 16.6. The summed E-state index contributed by atoms with van der Waals surface area (Å²) in [7, 11) is 0. The van der Waals surface area contributed by atoms with Gasteiger partial charge in [0, 0.05) is 6.54 Å². The molecule has 0 aromatic heterocycles. The molecule has 0 aromatic rings. The van der Waals surface area contributed by atoms with Crippen LogP contribution in [0.3, 0.4) is 0 Å². The Kier molecular flexibility index (Phi) is 3.31. The Bertz CT molecular complexity index is 306. The van der Waals surface area contributed by atoms with Gasteiger partial charge in [-0.1, -0.05) is 0 Å². The maximum Gasteiger partial charge on any atom is 0.411 e. The molecule has 0 saturated carbocycles. The van der Waals surface area contributed by atoms with Gasteiger partial charge in [-0.05, 0) is 47.5 Å². The van der Waals surface area contributed by atoms with Gasteiger partial charge in [-0.25, -0.2) is 4.79 Å². The summed E-state index contributed by atoms with van der Waals surface area (Å²) in [4.78, 5) is 25.1. The van der Waals surface area contributed by atoms with E-state index in [9.17, 15) is 9.59 Å². The van der Waals surface area contributed by atoms with Crippen molar-refractivity contribution in [2.24, 2.45) is 0 Å². The van der Waals surface area contributed by atoms with Crippen molar-refractivity contribution >= 4 is 11.9 Å². The predicted octanol–water partition coefficient (Wildman–Crippen LogP) is 2.37. The first-order valence-electron chi connectivity index (χ1n) is 5.68. The summed E-state index contributed by atoms with van der Waals surface area (Å²) in [5.41, 5.74) is -1.19. The van der Waals surface area contributed by atoms with Crippen molar-refractivity contribution in [3.8, 4) is 0 Å². The third-order valence-electron chi connectivity index (χ3n) is 3.01. The molecule has 92 valence electrons. The average Bonchev–Trinajstić information content (AvgIpc) is 2.45. The van der Waals surface area contributed by atoms with E-state index >= 15 is 0 Å². The van der Waals surface area contributed by atoms with Crippen LogP contribution in [0.1, 0.15) is 47.5 Å². The molecule has 0 unspecified atom stereocenters. The van der Waals surface area contributed by atoms with Gasteiger partial charge < -0.3 is 4.74 Å². The first-order valence-corrected chi connectivity index (χ1v) is 5.68. The Morgan fingerprint density at radius 3 is 2.31 bits per heavy atom. The molecule has 0 N–H and O–H groups in total. The fraction of sp³-hybridized carbons (Fsp3) is 0.833. The maximum atomic E-state index is 11.9. The zero-order valence-corrected chi connectivity index (χ0v) is 10.8. The second kappa shape index (κ2) is 4.07. The summed E-state index contributed by atoms with van der Waals surface area (Å²) in [5.74, 6) is 0.0239. The zero-order valence-electron chi connectivity index (χ0n) is 10.8. The molecule has 1 rings (SSSR count). The molecule has 1 aliphatic rings. The molecule has 1 atom stereocenters. The third kappa shape index (κ3) is 2.54. The van der Waals surface area contributed by atoms with Gasteiger partial charge in [0.1, 0.15) is 11.1 Å². The van der Waals surface area contributed by atoms with Crippen LogP contribution in [0.25, 0.3) is 0 Å². The molecular weight excluding hydrogens is 206 g/mol. The quantitative estimate of drug-likeness (QED) is 0.691. The van der Waals surface area contributed by atoms with Crippen LogP contribution < -0.4 is 0 Å². The number of amides is 1. The van der Waals surface area contributed by atoms with Gasteiger partial charge in [-0.15, -0.1) is 0 Å². The second-order valence-electron chi connectivity index (χ2n) is 5.57. The number of rotatable bonds is 1. The molecule has 4 nitrogen and oxygen atoms in total. The fourth-order valence-corrected chi connectivity index (χ4v) is 1.94. The fourth-order valence-electron chi connectivity index (χ4n) is 1.94. The summed E-state index contributed by atoms with van der Waals surface area (Å²) < 4.78 is 5.30. The summed E-state index contributed by atoms with van der Waals surface area (Å²) in [6, 6.07) is 0. The average molecular weight is 227 g/mol. The van der Waals surface area contributed by atoms with Crippen LogP contribution in [-0.4, -0.2) is 34.5 Å². The van der Waals surface area contributed by atoms with Gasteiger partial charge in [0.25, 0.3) is 0 Å². The lowest BCUT2D eigenvalue weighted by atomic mass is 9.94. The van der Waals surface area contributed by atoms with E-state index in [0.717, 1.165) is 12.8 Å². The van der Waals surface area contributed by atoms with Crippen molar-refractivity contribution in [3.63, 3.8) is 0 Å². The molecule has 0 radical (unpaired) electrons. The molecule has 0 aromatic carbocycles. The molecule has 1 aliphatic heterocycles. The number of hydrogen-bond donors (Lipinski definition) is 0. The van der Waals surface area contributed by atoms with E-state index in [2.05, 4.69) is 0 Å². The van der Waals surface area contributed by atoms with E-state index < -0.39 is 11.1 Å². The van der Waals surface area contributed by atoms with E-state index in [1.165, 1.54) is 6.92 Å². The molecule has 1 saturated heterocycles. The van der Waals surface area contributed by atoms with Crippen molar-refractivity contribution in [1.82, 2.24) is 4.90 Å². The predicted molar refractivity (Wildman–Crippen MR) is 61.3 cm³/mol. The standard InChI is InChI=1S/C12H21NO3/c1-9(14)12(5)7-6-8-13(12)10(15)16-11(2,3)4/h6-8H2,1-5H3/t12-/m0/s1. The maximum absolute atomic E-state index is 11.9. The number of carbonyl (C=O) groups excluding carboxylic acids is 2. The zero-order chi connectivity index (χ0) is 12.6. The molecule has 4 heteroatoms. The van der Waals surface area contributed by atoms with Gasteiger partial charge in [0.15, 0.2) is 5.78 Å². The Balaban J connectivity index is 2.80. The number of carbonyl (C=O) groups is 2. The highest BCUT2D eigenvalue weighted by Gasteiger charge is 2.44. The van der Waals surface area contributed by atoms with Gasteiger partial charge in [-0.2, -0.15) is 0 Å². The van der Waals surface area contributed by atoms with Gasteiger partial charge >= 0.3 is 6.09 Å². The molecule has 16 heavy (non-hydrogen) atoms. The molecule has 0 spiro atoms. The summed E-state index contributed by atoms with van der Waals surface area (Å²) >= 11 is 0. The Labute approximate surface area is 96.9 Å². The van der Waals surface area contributed by atoms with E-state index in [1.54, 1.807) is 4.90 Å². The number of ketones is 1.